The van der Waals surface area contributed by atoms with Crippen LogP contribution in [0.3, 0.4) is 0 Å². The third-order valence-electron chi connectivity index (χ3n) is 4.20. The minimum absolute atomic E-state index is 0.214. The van der Waals surface area contributed by atoms with Crippen LogP contribution in [0, 0.1) is 5.82 Å². The smallest absolute Gasteiger partial charge is 0.269 e. The molecule has 0 amide bonds. The lowest BCUT2D eigenvalue weighted by Crippen LogP contribution is -2.23. The fourth-order valence-electron chi connectivity index (χ4n) is 2.94. The third-order valence-corrected chi connectivity index (χ3v) is 4.76. The zero-order chi connectivity index (χ0) is 20.5. The molecule has 4 aromatic heterocycles. The van der Waals surface area contributed by atoms with Crippen molar-refractivity contribution in [2.45, 2.75) is 11.7 Å². The first-order valence-electron chi connectivity index (χ1n) is 8.53. The van der Waals surface area contributed by atoms with Gasteiger partial charge in [0.15, 0.2) is 16.6 Å². The van der Waals surface area contributed by atoms with Gasteiger partial charge in [-0.15, -0.1) is 6.58 Å². The number of pyridine rings is 2. The number of nitrogens with zero attached hydrogens (tertiary/aromatic N) is 6. The summed E-state index contributed by atoms with van der Waals surface area (Å²) in [6, 6.07) is 7.13. The van der Waals surface area contributed by atoms with Crippen LogP contribution in [0.1, 0.15) is 0 Å². The van der Waals surface area contributed by atoms with Gasteiger partial charge in [0.25, 0.3) is 11.1 Å². The van der Waals surface area contributed by atoms with E-state index in [4.69, 9.17) is 0 Å². The van der Waals surface area contributed by atoms with Crippen LogP contribution in [0.25, 0.3) is 22.7 Å². The van der Waals surface area contributed by atoms with Crippen molar-refractivity contribution in [2.75, 3.05) is 6.26 Å². The van der Waals surface area contributed by atoms with Gasteiger partial charge >= 0.3 is 0 Å². The van der Waals surface area contributed by atoms with Crippen molar-refractivity contribution < 1.29 is 4.39 Å². The average molecular weight is 410 g/mol. The van der Waals surface area contributed by atoms with Crippen LogP contribution >= 0.6 is 11.8 Å². The second kappa shape index (κ2) is 7.47. The van der Waals surface area contributed by atoms with Gasteiger partial charge in [-0.05, 0) is 24.5 Å². The molecule has 0 aliphatic heterocycles. The number of hydrogen-bond acceptors (Lipinski definition) is 6. The minimum Gasteiger partial charge on any atom is -0.269 e. The molecule has 29 heavy (non-hydrogen) atoms. The summed E-state index contributed by atoms with van der Waals surface area (Å²) in [4.78, 5) is 38.1. The topological polar surface area (TPSA) is 87.6 Å². The van der Waals surface area contributed by atoms with Gasteiger partial charge in [0.2, 0.25) is 0 Å². The number of halogens is 1. The molecule has 0 aliphatic carbocycles. The standard InChI is InChI=1S/C19H15FN6O2S/c1-3-9-25-18(28)13-10-21-19(29-2)23-17(13)26(25)15-6-4-5-14(22-15)24-11-12(20)7-8-16(24)27/h3-8,10-11H,1,9H2,2H3. The monoisotopic (exact) mass is 410 g/mol. The van der Waals surface area contributed by atoms with E-state index in [1.807, 2.05) is 6.26 Å². The molecule has 0 spiro atoms. The maximum atomic E-state index is 13.6. The molecule has 0 aromatic carbocycles. The van der Waals surface area contributed by atoms with Crippen molar-refractivity contribution in [2.24, 2.45) is 0 Å². The lowest BCUT2D eigenvalue weighted by atomic mass is 10.4. The van der Waals surface area contributed by atoms with E-state index in [9.17, 15) is 14.0 Å². The van der Waals surface area contributed by atoms with Crippen molar-refractivity contribution in [1.29, 1.82) is 0 Å². The Labute approximate surface area is 168 Å². The van der Waals surface area contributed by atoms with Crippen LogP contribution in [-0.2, 0) is 6.54 Å². The Bertz CT molecular complexity index is 1360. The van der Waals surface area contributed by atoms with E-state index >= 15 is 0 Å². The molecule has 0 saturated carbocycles. The Morgan fingerprint density at radius 1 is 1.17 bits per heavy atom. The molecular formula is C19H15FN6O2S. The highest BCUT2D eigenvalue weighted by Crippen LogP contribution is 2.18. The van der Waals surface area contributed by atoms with Crippen LogP contribution in [0.2, 0.25) is 0 Å². The summed E-state index contributed by atoms with van der Waals surface area (Å²) in [5.41, 5.74) is -0.334. The van der Waals surface area contributed by atoms with E-state index in [-0.39, 0.29) is 17.9 Å². The minimum atomic E-state index is -0.566. The summed E-state index contributed by atoms with van der Waals surface area (Å²) in [6.45, 7) is 3.92. The van der Waals surface area contributed by atoms with Gasteiger partial charge in [-0.3, -0.25) is 14.2 Å². The van der Waals surface area contributed by atoms with Crippen LogP contribution in [0.15, 0.2) is 70.1 Å². The molecule has 0 atom stereocenters. The predicted octanol–water partition coefficient (Wildman–Crippen LogP) is 2.18. The number of thioether (sulfide) groups is 1. The van der Waals surface area contributed by atoms with Crippen molar-refractivity contribution in [3.8, 4) is 11.6 Å². The zero-order valence-electron chi connectivity index (χ0n) is 15.3. The van der Waals surface area contributed by atoms with Crippen LogP contribution in [-0.4, -0.2) is 35.1 Å². The first-order chi connectivity index (χ1) is 14.0. The lowest BCUT2D eigenvalue weighted by Gasteiger charge is -2.12. The van der Waals surface area contributed by atoms with E-state index in [0.717, 1.165) is 22.9 Å². The summed E-state index contributed by atoms with van der Waals surface area (Å²) in [6.07, 6.45) is 5.96. The highest BCUT2D eigenvalue weighted by atomic mass is 32.2. The van der Waals surface area contributed by atoms with Gasteiger partial charge in [-0.1, -0.05) is 23.9 Å². The summed E-state index contributed by atoms with van der Waals surface area (Å²) in [5, 5.41) is 0.833. The first-order valence-corrected chi connectivity index (χ1v) is 9.75. The van der Waals surface area contributed by atoms with Crippen molar-refractivity contribution in [3.05, 3.63) is 81.9 Å². The van der Waals surface area contributed by atoms with Gasteiger partial charge in [0.1, 0.15) is 17.0 Å². The molecule has 0 fully saturated rings. The molecule has 0 bridgehead atoms. The van der Waals surface area contributed by atoms with Crippen LogP contribution < -0.4 is 11.1 Å². The highest BCUT2D eigenvalue weighted by Gasteiger charge is 2.18. The maximum absolute atomic E-state index is 13.6. The Hall–Kier alpha value is -3.53. The number of fused-ring (bicyclic) bond motifs is 1. The Kier molecular flexibility index (Phi) is 4.85. The number of aromatic nitrogens is 6. The fourth-order valence-corrected chi connectivity index (χ4v) is 3.27. The third kappa shape index (κ3) is 3.27. The normalized spacial score (nSPS) is 11.1. The van der Waals surface area contributed by atoms with Crippen LogP contribution in [0.4, 0.5) is 4.39 Å². The average Bonchev–Trinajstić information content (AvgIpc) is 3.01. The first kappa shape index (κ1) is 18.8. The zero-order valence-corrected chi connectivity index (χ0v) is 16.1. The van der Waals surface area contributed by atoms with Gasteiger partial charge < -0.3 is 0 Å². The molecule has 0 radical (unpaired) electrons. The summed E-state index contributed by atoms with van der Waals surface area (Å²) >= 11 is 1.35. The molecular weight excluding hydrogens is 395 g/mol. The highest BCUT2D eigenvalue weighted by molar-refractivity contribution is 7.98. The molecule has 0 N–H and O–H groups in total. The van der Waals surface area contributed by atoms with Gasteiger partial charge in [0.05, 0.1) is 6.54 Å². The lowest BCUT2D eigenvalue weighted by molar-refractivity contribution is 0.593. The van der Waals surface area contributed by atoms with Crippen molar-refractivity contribution in [1.82, 2.24) is 28.9 Å². The predicted molar refractivity (Wildman–Crippen MR) is 108 cm³/mol. The molecule has 4 aromatic rings. The molecule has 0 saturated heterocycles. The van der Waals surface area contributed by atoms with Crippen LogP contribution in [0.5, 0.6) is 0 Å². The van der Waals surface area contributed by atoms with Crippen molar-refractivity contribution >= 4 is 22.8 Å². The second-order valence-corrected chi connectivity index (χ2v) is 6.76. The molecule has 146 valence electrons. The van der Waals surface area contributed by atoms with E-state index in [1.54, 1.807) is 29.0 Å². The summed E-state index contributed by atoms with van der Waals surface area (Å²) in [5.74, 6) is -0.00639. The van der Waals surface area contributed by atoms with E-state index in [0.29, 0.717) is 22.0 Å². The Morgan fingerprint density at radius 3 is 2.72 bits per heavy atom. The molecule has 10 heteroatoms. The number of hydrogen-bond donors (Lipinski definition) is 0. The second-order valence-electron chi connectivity index (χ2n) is 5.99. The molecule has 4 rings (SSSR count). The number of rotatable bonds is 5. The van der Waals surface area contributed by atoms with Gasteiger partial charge in [-0.25, -0.2) is 28.7 Å². The maximum Gasteiger partial charge on any atom is 0.278 e. The van der Waals surface area contributed by atoms with E-state index in [1.165, 1.54) is 22.6 Å². The van der Waals surface area contributed by atoms with Gasteiger partial charge in [0, 0.05) is 18.5 Å². The quantitative estimate of drug-likeness (QED) is 0.285. The van der Waals surface area contributed by atoms with E-state index in [2.05, 4.69) is 21.5 Å². The summed E-state index contributed by atoms with van der Waals surface area (Å²) < 4.78 is 17.7. The van der Waals surface area contributed by atoms with E-state index < -0.39 is 11.4 Å². The molecule has 4 heterocycles. The number of allylic oxidation sites excluding steroid dienone is 1. The molecule has 0 aliphatic rings. The Morgan fingerprint density at radius 2 is 1.97 bits per heavy atom. The SMILES string of the molecule is C=CCn1c(=O)c2cnc(SC)nc2n1-c1cccc(-n2cc(F)ccc2=O)n1. The molecule has 8 nitrogen and oxygen atoms in total. The molecule has 0 unspecified atom stereocenters. The largest absolute Gasteiger partial charge is 0.278 e. The summed E-state index contributed by atoms with van der Waals surface area (Å²) in [7, 11) is 0. The van der Waals surface area contributed by atoms with Gasteiger partial charge in [-0.2, -0.15) is 0 Å². The fraction of sp³-hybridized carbons (Fsp3) is 0.105. The van der Waals surface area contributed by atoms with Crippen molar-refractivity contribution in [3.63, 3.8) is 0 Å². The Balaban J connectivity index is 2.01.